The van der Waals surface area contributed by atoms with Crippen LogP contribution in [0.1, 0.15) is 168 Å². The molecule has 0 aliphatic carbocycles. The largest absolute Gasteiger partial charge is 0.480 e. The van der Waals surface area contributed by atoms with Crippen LogP contribution in [-0.2, 0) is 32.7 Å². The monoisotopic (exact) mass is 848 g/mol. The number of phosphoric ester groups is 1. The van der Waals surface area contributed by atoms with E-state index in [2.05, 4.69) is 86.8 Å². The number of aliphatic carboxylic acids is 1. The summed E-state index contributed by atoms with van der Waals surface area (Å²) >= 11 is 0. The zero-order valence-corrected chi connectivity index (χ0v) is 37.7. The average Bonchev–Trinajstić information content (AvgIpc) is 3.21. The predicted octanol–water partition coefficient (Wildman–Crippen LogP) is 12.8. The number of nitrogens with two attached hydrogens (primary N) is 1. The molecule has 3 unspecified atom stereocenters. The van der Waals surface area contributed by atoms with Gasteiger partial charge in [0.15, 0.2) is 0 Å². The van der Waals surface area contributed by atoms with Crippen LogP contribution in [0.15, 0.2) is 85.1 Å². The van der Waals surface area contributed by atoms with Crippen LogP contribution in [0.2, 0.25) is 0 Å². The van der Waals surface area contributed by atoms with Gasteiger partial charge in [0, 0.05) is 13.0 Å². The number of carbonyl (C=O) groups is 2. The van der Waals surface area contributed by atoms with Crippen molar-refractivity contribution in [2.24, 2.45) is 5.73 Å². The highest BCUT2D eigenvalue weighted by Crippen LogP contribution is 2.43. The maximum Gasteiger partial charge on any atom is 0.472 e. The van der Waals surface area contributed by atoms with E-state index in [9.17, 15) is 19.0 Å². The fourth-order valence-electron chi connectivity index (χ4n) is 5.68. The number of hydrogen-bond donors (Lipinski definition) is 3. The minimum Gasteiger partial charge on any atom is -0.480 e. The van der Waals surface area contributed by atoms with Gasteiger partial charge in [-0.1, -0.05) is 170 Å². The molecular weight excluding hydrogens is 766 g/mol. The van der Waals surface area contributed by atoms with Gasteiger partial charge in [0.25, 0.3) is 0 Å². The van der Waals surface area contributed by atoms with Crippen LogP contribution in [0, 0.1) is 0 Å². The second-order valence-corrected chi connectivity index (χ2v) is 16.2. The number of rotatable bonds is 42. The van der Waals surface area contributed by atoms with Gasteiger partial charge in [-0.3, -0.25) is 18.6 Å². The molecule has 0 aliphatic rings. The van der Waals surface area contributed by atoms with Crippen molar-refractivity contribution in [2.45, 2.75) is 180 Å². The summed E-state index contributed by atoms with van der Waals surface area (Å²) in [4.78, 5) is 33.5. The molecule has 0 amide bonds. The van der Waals surface area contributed by atoms with Crippen molar-refractivity contribution in [1.29, 1.82) is 0 Å². The molecule has 0 rings (SSSR count). The molecule has 10 nitrogen and oxygen atoms in total. The topological polar surface area (TPSA) is 155 Å². The SMILES string of the molecule is CC/C=C\C/C=C\C/C=C\C/C=C\CCC(=O)OC(COCCCCCCCCCCC/C=C\C/C=C\C/C=C\CCCCCCC)COP(=O)(O)OCC(N)C(=O)O. The van der Waals surface area contributed by atoms with Crippen LogP contribution >= 0.6 is 7.82 Å². The lowest BCUT2D eigenvalue weighted by Gasteiger charge is -2.20. The Labute approximate surface area is 358 Å². The minimum atomic E-state index is -4.64. The highest BCUT2D eigenvalue weighted by atomic mass is 31.2. The Bertz CT molecular complexity index is 1260. The molecule has 0 fully saturated rings. The van der Waals surface area contributed by atoms with Gasteiger partial charge in [-0.15, -0.1) is 0 Å². The summed E-state index contributed by atoms with van der Waals surface area (Å²) in [6, 6.07) is -1.49. The van der Waals surface area contributed by atoms with Gasteiger partial charge < -0.3 is 25.2 Å². The maximum atomic E-state index is 12.6. The molecule has 0 saturated carbocycles. The van der Waals surface area contributed by atoms with Crippen molar-refractivity contribution in [1.82, 2.24) is 0 Å². The summed E-state index contributed by atoms with van der Waals surface area (Å²) in [5, 5.41) is 8.89. The lowest BCUT2D eigenvalue weighted by atomic mass is 10.1. The molecule has 0 heterocycles. The van der Waals surface area contributed by atoms with Crippen molar-refractivity contribution in [3.05, 3.63) is 85.1 Å². The van der Waals surface area contributed by atoms with Crippen LogP contribution in [0.5, 0.6) is 0 Å². The Morgan fingerprint density at radius 3 is 1.47 bits per heavy atom. The van der Waals surface area contributed by atoms with E-state index >= 15 is 0 Å². The third kappa shape index (κ3) is 43.1. The van der Waals surface area contributed by atoms with Crippen molar-refractivity contribution < 1.29 is 42.7 Å². The number of esters is 1. The second-order valence-electron chi connectivity index (χ2n) is 14.8. The molecule has 0 radical (unpaired) electrons. The predicted molar refractivity (Wildman–Crippen MR) is 244 cm³/mol. The second kappa shape index (κ2) is 43.2. The van der Waals surface area contributed by atoms with Gasteiger partial charge >= 0.3 is 19.8 Å². The summed E-state index contributed by atoms with van der Waals surface area (Å²) in [5.41, 5.74) is 5.35. The van der Waals surface area contributed by atoms with Crippen molar-refractivity contribution in [3.8, 4) is 0 Å². The third-order valence-electron chi connectivity index (χ3n) is 9.17. The zero-order valence-electron chi connectivity index (χ0n) is 36.8. The van der Waals surface area contributed by atoms with Crippen LogP contribution in [0.3, 0.4) is 0 Å². The summed E-state index contributed by atoms with van der Waals surface area (Å²) < 4.78 is 33.2. The molecule has 338 valence electrons. The van der Waals surface area contributed by atoms with Crippen LogP contribution in [-0.4, -0.2) is 60.5 Å². The summed E-state index contributed by atoms with van der Waals surface area (Å²) in [6.07, 6.45) is 55.2. The van der Waals surface area contributed by atoms with Gasteiger partial charge in [-0.2, -0.15) is 0 Å². The number of phosphoric acid groups is 1. The van der Waals surface area contributed by atoms with Crippen LogP contribution in [0.25, 0.3) is 0 Å². The molecule has 0 spiro atoms. The molecule has 0 aromatic rings. The first-order valence-corrected chi connectivity index (χ1v) is 24.1. The molecule has 0 aromatic heterocycles. The molecule has 0 aliphatic heterocycles. The average molecular weight is 848 g/mol. The van der Waals surface area contributed by atoms with Gasteiger partial charge in [0.05, 0.1) is 19.8 Å². The van der Waals surface area contributed by atoms with Crippen molar-refractivity contribution in [2.75, 3.05) is 26.4 Å². The van der Waals surface area contributed by atoms with E-state index < -0.39 is 45.1 Å². The molecule has 0 saturated heterocycles. The first-order chi connectivity index (χ1) is 28.7. The van der Waals surface area contributed by atoms with Gasteiger partial charge in [-0.25, -0.2) is 4.57 Å². The minimum absolute atomic E-state index is 0.0206. The van der Waals surface area contributed by atoms with Crippen molar-refractivity contribution >= 4 is 19.8 Å². The maximum absolute atomic E-state index is 12.6. The molecule has 0 bridgehead atoms. The number of carboxylic acids is 1. The van der Waals surface area contributed by atoms with E-state index in [0.717, 1.165) is 64.2 Å². The number of carboxylic acid groups (broad SMARTS) is 1. The molecule has 0 aromatic carbocycles. The quantitative estimate of drug-likeness (QED) is 0.0234. The Hall–Kier alpha value is -2.85. The van der Waals surface area contributed by atoms with Crippen LogP contribution < -0.4 is 5.73 Å². The smallest absolute Gasteiger partial charge is 0.472 e. The molecule has 59 heavy (non-hydrogen) atoms. The Balaban J connectivity index is 4.24. The molecule has 11 heteroatoms. The lowest BCUT2D eigenvalue weighted by molar-refractivity contribution is -0.154. The Morgan fingerprint density at radius 2 is 0.983 bits per heavy atom. The summed E-state index contributed by atoms with van der Waals surface area (Å²) in [5.74, 6) is -1.87. The van der Waals surface area contributed by atoms with Crippen LogP contribution in [0.4, 0.5) is 0 Å². The van der Waals surface area contributed by atoms with E-state index in [1.54, 1.807) is 0 Å². The molecule has 3 atom stereocenters. The normalized spacial score (nSPS) is 14.6. The fourth-order valence-corrected chi connectivity index (χ4v) is 6.46. The van der Waals surface area contributed by atoms with Gasteiger partial charge in [-0.05, 0) is 77.0 Å². The number of ether oxygens (including phenoxy) is 2. The van der Waals surface area contributed by atoms with Gasteiger partial charge in [0.1, 0.15) is 12.1 Å². The lowest BCUT2D eigenvalue weighted by Crippen LogP contribution is -2.34. The Morgan fingerprint density at radius 1 is 0.559 bits per heavy atom. The van der Waals surface area contributed by atoms with E-state index in [-0.39, 0.29) is 13.0 Å². The molecule has 4 N–H and O–H groups in total. The zero-order chi connectivity index (χ0) is 43.3. The van der Waals surface area contributed by atoms with E-state index in [1.165, 1.54) is 77.0 Å². The number of hydrogen-bond acceptors (Lipinski definition) is 8. The molecular formula is C48H82NO9P. The highest BCUT2D eigenvalue weighted by molar-refractivity contribution is 7.47. The van der Waals surface area contributed by atoms with Gasteiger partial charge in [0.2, 0.25) is 0 Å². The Kier molecular flexibility index (Phi) is 41.2. The first kappa shape index (κ1) is 56.1. The van der Waals surface area contributed by atoms with E-state index in [4.69, 9.17) is 29.4 Å². The standard InChI is InChI=1S/C48H82NO9P/c1-3-5-7-9-11-13-15-17-18-19-20-21-22-23-24-25-26-27-29-31-33-35-37-39-41-55-42-45(43-56-59(53,54)57-44-46(49)48(51)52)58-47(50)40-38-36-34-32-30-28-16-14-12-10-8-6-4-2/h6,8,12,14-15,17,19-20,22-23,28,30,34,36,45-46H,3-5,7,9-11,13,16,18,21,24-27,29,31-33,35,37-44,49H2,1-2H3,(H,51,52)(H,53,54)/b8-6-,14-12-,17-15-,20-19-,23-22-,30-28-,36-34-. The van der Waals surface area contributed by atoms with E-state index in [0.29, 0.717) is 13.0 Å². The number of carbonyl (C=O) groups excluding carboxylic acids is 1. The first-order valence-electron chi connectivity index (χ1n) is 22.6. The van der Waals surface area contributed by atoms with Crippen molar-refractivity contribution in [3.63, 3.8) is 0 Å². The highest BCUT2D eigenvalue weighted by Gasteiger charge is 2.27. The fraction of sp³-hybridized carbons (Fsp3) is 0.667. The number of allylic oxidation sites excluding steroid dienone is 14. The third-order valence-corrected chi connectivity index (χ3v) is 10.1. The van der Waals surface area contributed by atoms with E-state index in [1.807, 2.05) is 12.2 Å². The number of unbranched alkanes of at least 4 members (excludes halogenated alkanes) is 14. The summed E-state index contributed by atoms with van der Waals surface area (Å²) in [6.45, 7) is 3.63. The summed E-state index contributed by atoms with van der Waals surface area (Å²) in [7, 11) is -4.64.